The van der Waals surface area contributed by atoms with Gasteiger partial charge in [-0.2, -0.15) is 0 Å². The molecule has 0 unspecified atom stereocenters. The van der Waals surface area contributed by atoms with E-state index in [2.05, 4.69) is 90.7 Å². The Labute approximate surface area is 222 Å². The SMILES string of the molecule is C[Si](C)(C)OC1=C(c2ccc(O[Si](C)(C)C)cc2)COc2cc(O[Si](C)(C)C)cc(O[Si](C)(C)C)c21. The van der Waals surface area contributed by atoms with Crippen molar-refractivity contribution in [1.29, 1.82) is 0 Å². The summed E-state index contributed by atoms with van der Waals surface area (Å²) in [6.45, 7) is 26.7. The summed E-state index contributed by atoms with van der Waals surface area (Å²) in [6.07, 6.45) is 0. The minimum Gasteiger partial charge on any atom is -0.544 e. The van der Waals surface area contributed by atoms with Gasteiger partial charge >= 0.3 is 0 Å². The minimum atomic E-state index is -1.97. The highest BCUT2D eigenvalue weighted by molar-refractivity contribution is 6.71. The fourth-order valence-corrected chi connectivity index (χ4v) is 7.13. The van der Waals surface area contributed by atoms with Crippen molar-refractivity contribution >= 4 is 44.6 Å². The zero-order chi connectivity index (χ0) is 27.1. The van der Waals surface area contributed by atoms with E-state index in [1.165, 1.54) is 0 Å². The zero-order valence-corrected chi connectivity index (χ0v) is 28.2. The van der Waals surface area contributed by atoms with Gasteiger partial charge in [-0.15, -0.1) is 0 Å². The highest BCUT2D eigenvalue weighted by atomic mass is 28.4. The van der Waals surface area contributed by atoms with Crippen LogP contribution in [-0.2, 0) is 4.43 Å². The van der Waals surface area contributed by atoms with Crippen LogP contribution in [0.5, 0.6) is 23.0 Å². The van der Waals surface area contributed by atoms with E-state index < -0.39 is 33.3 Å². The highest BCUT2D eigenvalue weighted by Gasteiger charge is 2.33. The highest BCUT2D eigenvalue weighted by Crippen LogP contribution is 2.47. The van der Waals surface area contributed by atoms with Crippen molar-refractivity contribution < 1.29 is 22.4 Å². The first kappa shape index (κ1) is 28.6. The molecule has 0 fully saturated rings. The van der Waals surface area contributed by atoms with Crippen molar-refractivity contribution in [3.63, 3.8) is 0 Å². The Balaban J connectivity index is 2.20. The molecule has 0 radical (unpaired) electrons. The van der Waals surface area contributed by atoms with Crippen LogP contribution in [-0.4, -0.2) is 39.9 Å². The van der Waals surface area contributed by atoms with E-state index in [0.717, 1.165) is 45.5 Å². The Morgan fingerprint density at radius 3 is 1.58 bits per heavy atom. The standard InChI is InChI=1S/C27H44O5Si4/c1-33(2,3)29-21-15-13-20(14-16-21)23-19-28-24-17-22(30-34(4,5)6)18-25(31-35(7,8)9)26(24)27(23)32-36(10,11)12/h13-18H,19H2,1-12H3. The molecule has 0 saturated heterocycles. The summed E-state index contributed by atoms with van der Waals surface area (Å²) >= 11 is 0. The van der Waals surface area contributed by atoms with Gasteiger partial charge in [-0.25, -0.2) is 0 Å². The molecule has 0 saturated carbocycles. The fraction of sp³-hybridized carbons (Fsp3) is 0.481. The van der Waals surface area contributed by atoms with Crippen LogP contribution in [0.4, 0.5) is 0 Å². The van der Waals surface area contributed by atoms with Gasteiger partial charge in [0.25, 0.3) is 0 Å². The van der Waals surface area contributed by atoms with Gasteiger partial charge in [0.1, 0.15) is 35.4 Å². The Hall–Kier alpha value is -1.95. The third kappa shape index (κ3) is 8.29. The van der Waals surface area contributed by atoms with Crippen LogP contribution in [0, 0.1) is 0 Å². The lowest BCUT2D eigenvalue weighted by atomic mass is 9.98. The molecule has 1 heterocycles. The monoisotopic (exact) mass is 560 g/mol. The normalized spacial score (nSPS) is 14.7. The smallest absolute Gasteiger partial charge is 0.242 e. The fourth-order valence-electron chi connectivity index (χ4n) is 3.80. The van der Waals surface area contributed by atoms with Crippen molar-refractivity contribution in [2.45, 2.75) is 78.6 Å². The topological polar surface area (TPSA) is 46.2 Å². The third-order valence-electron chi connectivity index (χ3n) is 4.79. The van der Waals surface area contributed by atoms with Crippen molar-refractivity contribution in [2.75, 3.05) is 6.61 Å². The molecular weight excluding hydrogens is 517 g/mol. The molecule has 0 aliphatic carbocycles. The van der Waals surface area contributed by atoms with Gasteiger partial charge in [0.05, 0.1) is 5.56 Å². The molecule has 0 N–H and O–H groups in total. The van der Waals surface area contributed by atoms with Crippen molar-refractivity contribution in [3.05, 3.63) is 47.5 Å². The lowest BCUT2D eigenvalue weighted by Gasteiger charge is -2.33. The molecule has 5 nitrogen and oxygen atoms in total. The number of hydrogen-bond donors (Lipinski definition) is 0. The van der Waals surface area contributed by atoms with E-state index in [9.17, 15) is 0 Å². The summed E-state index contributed by atoms with van der Waals surface area (Å²) in [7, 11) is -7.40. The quantitative estimate of drug-likeness (QED) is 0.288. The van der Waals surface area contributed by atoms with Crippen LogP contribution in [0.2, 0.25) is 78.6 Å². The number of hydrogen-bond acceptors (Lipinski definition) is 5. The summed E-state index contributed by atoms with van der Waals surface area (Å²) < 4.78 is 32.3. The van der Waals surface area contributed by atoms with Gasteiger partial charge in [0.15, 0.2) is 0 Å². The summed E-state index contributed by atoms with van der Waals surface area (Å²) in [5.41, 5.74) is 2.99. The number of fused-ring (bicyclic) bond motifs is 1. The van der Waals surface area contributed by atoms with Gasteiger partial charge in [0.2, 0.25) is 33.3 Å². The molecule has 0 amide bonds. The van der Waals surface area contributed by atoms with Crippen LogP contribution in [0.3, 0.4) is 0 Å². The predicted molar refractivity (Wildman–Crippen MR) is 162 cm³/mol. The summed E-state index contributed by atoms with van der Waals surface area (Å²) in [6, 6.07) is 12.3. The largest absolute Gasteiger partial charge is 0.544 e. The second-order valence-corrected chi connectivity index (χ2v) is 31.0. The van der Waals surface area contributed by atoms with Crippen LogP contribution in [0.15, 0.2) is 36.4 Å². The molecule has 1 aliphatic rings. The van der Waals surface area contributed by atoms with Gasteiger partial charge in [-0.3, -0.25) is 0 Å². The van der Waals surface area contributed by atoms with Crippen LogP contribution in [0.1, 0.15) is 11.1 Å². The first-order chi connectivity index (χ1) is 16.3. The maximum Gasteiger partial charge on any atom is 0.242 e. The van der Waals surface area contributed by atoms with Crippen molar-refractivity contribution in [2.24, 2.45) is 0 Å². The Morgan fingerprint density at radius 2 is 1.08 bits per heavy atom. The molecular formula is C27H44O5Si4. The molecule has 198 valence electrons. The maximum absolute atomic E-state index is 6.80. The summed E-state index contributed by atoms with van der Waals surface area (Å²) in [5, 5.41) is 0. The van der Waals surface area contributed by atoms with E-state index in [1.807, 2.05) is 24.3 Å². The maximum atomic E-state index is 6.80. The molecule has 0 spiro atoms. The molecule has 0 atom stereocenters. The molecule has 2 aromatic carbocycles. The number of ether oxygens (including phenoxy) is 1. The molecule has 3 rings (SSSR count). The molecule has 36 heavy (non-hydrogen) atoms. The van der Waals surface area contributed by atoms with E-state index in [0.29, 0.717) is 6.61 Å². The average Bonchev–Trinajstić information content (AvgIpc) is 2.63. The second-order valence-electron chi connectivity index (χ2n) is 13.3. The van der Waals surface area contributed by atoms with Crippen LogP contribution < -0.4 is 18.0 Å². The van der Waals surface area contributed by atoms with Gasteiger partial charge < -0.3 is 22.4 Å². The molecule has 0 bridgehead atoms. The summed E-state index contributed by atoms with van der Waals surface area (Å²) in [4.78, 5) is 0. The van der Waals surface area contributed by atoms with E-state index >= 15 is 0 Å². The first-order valence-corrected chi connectivity index (χ1v) is 26.3. The lowest BCUT2D eigenvalue weighted by Crippen LogP contribution is -2.32. The Bertz CT molecular complexity index is 1120. The molecule has 1 aliphatic heterocycles. The summed E-state index contributed by atoms with van der Waals surface area (Å²) in [5.74, 6) is 4.10. The van der Waals surface area contributed by atoms with Crippen LogP contribution >= 0.6 is 0 Å². The number of benzene rings is 2. The van der Waals surface area contributed by atoms with Crippen LogP contribution in [0.25, 0.3) is 11.3 Å². The third-order valence-corrected chi connectivity index (χ3v) is 8.13. The minimum absolute atomic E-state index is 0.420. The lowest BCUT2D eigenvalue weighted by molar-refractivity contribution is 0.350. The molecule has 0 aromatic heterocycles. The van der Waals surface area contributed by atoms with Gasteiger partial charge in [-0.05, 0) is 96.3 Å². The Kier molecular flexibility index (Phi) is 8.01. The van der Waals surface area contributed by atoms with Gasteiger partial charge in [-0.1, -0.05) is 12.1 Å². The van der Waals surface area contributed by atoms with E-state index in [4.69, 9.17) is 22.4 Å². The molecule has 2 aromatic rings. The molecule has 9 heteroatoms. The van der Waals surface area contributed by atoms with Crippen molar-refractivity contribution in [3.8, 4) is 23.0 Å². The van der Waals surface area contributed by atoms with Gasteiger partial charge in [0, 0.05) is 17.7 Å². The zero-order valence-electron chi connectivity index (χ0n) is 24.2. The first-order valence-electron chi connectivity index (χ1n) is 12.7. The average molecular weight is 561 g/mol. The Morgan fingerprint density at radius 1 is 0.583 bits per heavy atom. The predicted octanol–water partition coefficient (Wildman–Crippen LogP) is 8.44. The van der Waals surface area contributed by atoms with E-state index in [1.54, 1.807) is 0 Å². The second kappa shape index (κ2) is 10.1. The van der Waals surface area contributed by atoms with E-state index in [-0.39, 0.29) is 0 Å². The number of rotatable bonds is 9. The van der Waals surface area contributed by atoms with Crippen molar-refractivity contribution in [1.82, 2.24) is 0 Å².